The van der Waals surface area contributed by atoms with Crippen LogP contribution in [0, 0.1) is 34.6 Å². The average molecular weight is 403 g/mol. The van der Waals surface area contributed by atoms with Crippen molar-refractivity contribution in [2.75, 3.05) is 22.4 Å². The molecule has 1 amide bonds. The van der Waals surface area contributed by atoms with E-state index >= 15 is 0 Å². The van der Waals surface area contributed by atoms with Gasteiger partial charge in [-0.25, -0.2) is 8.42 Å². The standard InChI is InChI=1S/C22H30N2O3S/c1-15-10-16(2)14-20(13-15)24(28(6,26)27)9-7-8-21(25)23-22-18(4)11-17(3)12-19(22)5/h10-14H,7-9H2,1-6H3,(H,23,25). The maximum atomic E-state index is 12.4. The van der Waals surface area contributed by atoms with Crippen LogP contribution in [0.25, 0.3) is 0 Å². The molecule has 6 heteroatoms. The maximum absolute atomic E-state index is 12.4. The SMILES string of the molecule is Cc1cc(C)cc(N(CCCC(=O)Nc2c(C)cc(C)cc2C)S(C)(=O)=O)c1. The van der Waals surface area contributed by atoms with Crippen LogP contribution in [-0.4, -0.2) is 27.1 Å². The zero-order chi connectivity index (χ0) is 21.1. The van der Waals surface area contributed by atoms with Crippen LogP contribution in [0.5, 0.6) is 0 Å². The number of nitrogens with one attached hydrogen (secondary N) is 1. The fourth-order valence-corrected chi connectivity index (χ4v) is 4.49. The predicted octanol–water partition coefficient (Wildman–Crippen LogP) is 4.41. The molecule has 0 aliphatic carbocycles. The number of anilines is 2. The summed E-state index contributed by atoms with van der Waals surface area (Å²) in [6.45, 7) is 10.1. The number of carbonyl (C=O) groups excluding carboxylic acids is 1. The number of hydrogen-bond acceptors (Lipinski definition) is 3. The number of amides is 1. The molecule has 2 aromatic carbocycles. The van der Waals surface area contributed by atoms with Crippen molar-refractivity contribution >= 4 is 27.3 Å². The number of hydrogen-bond donors (Lipinski definition) is 1. The van der Waals surface area contributed by atoms with Gasteiger partial charge >= 0.3 is 0 Å². The van der Waals surface area contributed by atoms with E-state index in [4.69, 9.17) is 0 Å². The molecule has 0 aliphatic heterocycles. The van der Waals surface area contributed by atoms with Crippen molar-refractivity contribution in [3.63, 3.8) is 0 Å². The van der Waals surface area contributed by atoms with E-state index in [9.17, 15) is 13.2 Å². The monoisotopic (exact) mass is 402 g/mol. The Balaban J connectivity index is 2.06. The van der Waals surface area contributed by atoms with Gasteiger partial charge in [-0.15, -0.1) is 0 Å². The minimum Gasteiger partial charge on any atom is -0.326 e. The summed E-state index contributed by atoms with van der Waals surface area (Å²) in [6, 6.07) is 9.78. The van der Waals surface area contributed by atoms with E-state index in [1.807, 2.05) is 65.0 Å². The molecule has 0 bridgehead atoms. The van der Waals surface area contributed by atoms with Gasteiger partial charge in [0.15, 0.2) is 0 Å². The van der Waals surface area contributed by atoms with Gasteiger partial charge in [-0.2, -0.15) is 0 Å². The van der Waals surface area contributed by atoms with Crippen molar-refractivity contribution in [2.45, 2.75) is 47.5 Å². The number of sulfonamides is 1. The van der Waals surface area contributed by atoms with E-state index in [1.165, 1.54) is 10.6 Å². The zero-order valence-electron chi connectivity index (χ0n) is 17.6. The van der Waals surface area contributed by atoms with Crippen molar-refractivity contribution < 1.29 is 13.2 Å². The van der Waals surface area contributed by atoms with E-state index in [0.717, 1.165) is 33.5 Å². The van der Waals surface area contributed by atoms with Gasteiger partial charge in [0.1, 0.15) is 0 Å². The second kappa shape index (κ2) is 8.78. The van der Waals surface area contributed by atoms with Crippen molar-refractivity contribution in [1.82, 2.24) is 0 Å². The van der Waals surface area contributed by atoms with Gasteiger partial charge < -0.3 is 5.32 Å². The van der Waals surface area contributed by atoms with Gasteiger partial charge in [0.2, 0.25) is 15.9 Å². The highest BCUT2D eigenvalue weighted by molar-refractivity contribution is 7.92. The summed E-state index contributed by atoms with van der Waals surface area (Å²) >= 11 is 0. The van der Waals surface area contributed by atoms with Crippen LogP contribution < -0.4 is 9.62 Å². The number of aryl methyl sites for hydroxylation is 5. The van der Waals surface area contributed by atoms with E-state index in [2.05, 4.69) is 5.32 Å². The van der Waals surface area contributed by atoms with Gasteiger partial charge in [-0.05, 0) is 75.4 Å². The Morgan fingerprint density at radius 1 is 0.893 bits per heavy atom. The largest absolute Gasteiger partial charge is 0.326 e. The predicted molar refractivity (Wildman–Crippen MR) is 117 cm³/mol. The van der Waals surface area contributed by atoms with Gasteiger partial charge in [-0.1, -0.05) is 23.8 Å². The molecule has 0 unspecified atom stereocenters. The Hall–Kier alpha value is -2.34. The van der Waals surface area contributed by atoms with Crippen molar-refractivity contribution in [3.8, 4) is 0 Å². The summed E-state index contributed by atoms with van der Waals surface area (Å²) in [5.74, 6) is -0.107. The smallest absolute Gasteiger partial charge is 0.232 e. The zero-order valence-corrected chi connectivity index (χ0v) is 18.4. The summed E-state index contributed by atoms with van der Waals surface area (Å²) in [6.07, 6.45) is 1.89. The molecule has 0 heterocycles. The Morgan fingerprint density at radius 2 is 1.39 bits per heavy atom. The van der Waals surface area contributed by atoms with Gasteiger partial charge in [0.05, 0.1) is 11.9 Å². The maximum Gasteiger partial charge on any atom is 0.232 e. The van der Waals surface area contributed by atoms with Crippen LogP contribution in [0.3, 0.4) is 0 Å². The summed E-state index contributed by atoms with van der Waals surface area (Å²) in [4.78, 5) is 12.4. The Bertz CT molecular complexity index is 938. The van der Waals surface area contributed by atoms with Crippen molar-refractivity contribution in [1.29, 1.82) is 0 Å². The molecular formula is C22H30N2O3S. The molecule has 2 rings (SSSR count). The number of carbonyl (C=O) groups is 1. The molecular weight excluding hydrogens is 372 g/mol. The molecule has 152 valence electrons. The fraction of sp³-hybridized carbons (Fsp3) is 0.409. The normalized spacial score (nSPS) is 11.4. The quantitative estimate of drug-likeness (QED) is 0.746. The lowest BCUT2D eigenvalue weighted by atomic mass is 10.0. The van der Waals surface area contributed by atoms with Crippen molar-refractivity contribution in [3.05, 3.63) is 58.1 Å². The molecule has 0 aliphatic rings. The molecule has 0 spiro atoms. The lowest BCUT2D eigenvalue weighted by Crippen LogP contribution is -2.31. The van der Waals surface area contributed by atoms with Crippen LogP contribution in [0.2, 0.25) is 0 Å². The summed E-state index contributed by atoms with van der Waals surface area (Å²) in [7, 11) is -3.42. The van der Waals surface area contributed by atoms with Crippen LogP contribution in [0.15, 0.2) is 30.3 Å². The third-order valence-electron chi connectivity index (χ3n) is 4.60. The minimum atomic E-state index is -3.42. The van der Waals surface area contributed by atoms with E-state index in [0.29, 0.717) is 12.1 Å². The highest BCUT2D eigenvalue weighted by Crippen LogP contribution is 2.23. The first-order valence-corrected chi connectivity index (χ1v) is 11.3. The molecule has 0 fully saturated rings. The summed E-state index contributed by atoms with van der Waals surface area (Å²) < 4.78 is 25.9. The molecule has 2 aromatic rings. The van der Waals surface area contributed by atoms with E-state index in [1.54, 1.807) is 0 Å². The third kappa shape index (κ3) is 5.83. The third-order valence-corrected chi connectivity index (χ3v) is 5.80. The minimum absolute atomic E-state index is 0.107. The second-order valence-corrected chi connectivity index (χ2v) is 9.51. The average Bonchev–Trinajstić information content (AvgIpc) is 2.52. The first kappa shape index (κ1) is 22.0. The first-order chi connectivity index (χ1) is 13.0. The molecule has 0 radical (unpaired) electrons. The molecule has 1 N–H and O–H groups in total. The lowest BCUT2D eigenvalue weighted by molar-refractivity contribution is -0.116. The summed E-state index contributed by atoms with van der Waals surface area (Å²) in [5.41, 5.74) is 6.71. The molecule has 0 saturated carbocycles. The Labute approximate surface area is 168 Å². The van der Waals surface area contributed by atoms with Crippen LogP contribution >= 0.6 is 0 Å². The highest BCUT2D eigenvalue weighted by atomic mass is 32.2. The summed E-state index contributed by atoms with van der Waals surface area (Å²) in [5, 5.41) is 2.97. The molecule has 28 heavy (non-hydrogen) atoms. The Morgan fingerprint density at radius 3 is 1.89 bits per heavy atom. The van der Waals surface area contributed by atoms with Gasteiger partial charge in [0, 0.05) is 18.7 Å². The highest BCUT2D eigenvalue weighted by Gasteiger charge is 2.18. The van der Waals surface area contributed by atoms with Crippen LogP contribution in [0.1, 0.15) is 40.7 Å². The molecule has 0 atom stereocenters. The molecule has 0 aromatic heterocycles. The molecule has 0 saturated heterocycles. The fourth-order valence-electron chi connectivity index (χ4n) is 3.54. The first-order valence-electron chi connectivity index (χ1n) is 9.41. The lowest BCUT2D eigenvalue weighted by Gasteiger charge is -2.23. The number of rotatable bonds is 7. The topological polar surface area (TPSA) is 66.5 Å². The van der Waals surface area contributed by atoms with Gasteiger partial charge in [-0.3, -0.25) is 9.10 Å². The molecule has 5 nitrogen and oxygen atoms in total. The van der Waals surface area contributed by atoms with E-state index in [-0.39, 0.29) is 18.9 Å². The van der Waals surface area contributed by atoms with E-state index < -0.39 is 10.0 Å². The second-order valence-electron chi connectivity index (χ2n) is 7.61. The van der Waals surface area contributed by atoms with Crippen LogP contribution in [-0.2, 0) is 14.8 Å². The van der Waals surface area contributed by atoms with Crippen LogP contribution in [0.4, 0.5) is 11.4 Å². The van der Waals surface area contributed by atoms with Gasteiger partial charge in [0.25, 0.3) is 0 Å². The number of nitrogens with zero attached hydrogens (tertiary/aromatic N) is 1. The Kier molecular flexibility index (Phi) is 6.88. The van der Waals surface area contributed by atoms with Crippen molar-refractivity contribution in [2.24, 2.45) is 0 Å². The number of benzene rings is 2.